The van der Waals surface area contributed by atoms with E-state index in [9.17, 15) is 4.79 Å². The van der Waals surface area contributed by atoms with Crippen LogP contribution in [-0.2, 0) is 4.79 Å². The van der Waals surface area contributed by atoms with Crippen molar-refractivity contribution in [2.24, 2.45) is 5.92 Å². The van der Waals surface area contributed by atoms with Gasteiger partial charge in [-0.15, -0.1) is 0 Å². The van der Waals surface area contributed by atoms with E-state index in [0.29, 0.717) is 0 Å². The van der Waals surface area contributed by atoms with E-state index >= 15 is 0 Å². The molecule has 11 heavy (non-hydrogen) atoms. The van der Waals surface area contributed by atoms with Gasteiger partial charge in [0.25, 0.3) is 0 Å². The van der Waals surface area contributed by atoms with E-state index in [-0.39, 0.29) is 11.8 Å². The van der Waals surface area contributed by atoms with Crippen molar-refractivity contribution < 1.29 is 4.79 Å². The molecule has 4 heteroatoms. The third-order valence-corrected chi connectivity index (χ3v) is 2.95. The van der Waals surface area contributed by atoms with Crippen LogP contribution in [0.15, 0.2) is 0 Å². The van der Waals surface area contributed by atoms with Gasteiger partial charge in [-0.2, -0.15) is 0 Å². The maximum atomic E-state index is 11.4. The summed E-state index contributed by atoms with van der Waals surface area (Å²) in [5, 5.41) is 0. The van der Waals surface area contributed by atoms with E-state index in [2.05, 4.69) is 0 Å². The van der Waals surface area contributed by atoms with Gasteiger partial charge in [0.2, 0.25) is 5.91 Å². The first kappa shape index (κ1) is 9.00. The number of rotatable bonds is 1. The molecule has 0 radical (unpaired) electrons. The normalized spacial score (nSPS) is 18.1. The predicted octanol–water partition coefficient (Wildman–Crippen LogP) is 1.50. The highest BCUT2D eigenvalue weighted by Gasteiger charge is 2.25. The molecule has 0 aliphatic carbocycles. The molecule has 1 saturated heterocycles. The summed E-state index contributed by atoms with van der Waals surface area (Å²) in [6, 6.07) is 0. The van der Waals surface area contributed by atoms with Crippen molar-refractivity contribution >= 4 is 34.2 Å². The monoisotopic (exact) mass is 189 g/mol. The van der Waals surface area contributed by atoms with Crippen LogP contribution in [0.4, 0.5) is 0 Å². The fourth-order valence-electron chi connectivity index (χ4n) is 0.905. The first-order valence-electron chi connectivity index (χ1n) is 3.61. The van der Waals surface area contributed by atoms with E-state index in [4.69, 9.17) is 12.2 Å². The Kier molecular flexibility index (Phi) is 2.90. The molecule has 1 aliphatic heterocycles. The Morgan fingerprint density at radius 3 is 2.73 bits per heavy atom. The van der Waals surface area contributed by atoms with E-state index < -0.39 is 0 Å². The summed E-state index contributed by atoms with van der Waals surface area (Å²) in [4.78, 5) is 13.1. The molecule has 0 saturated carbocycles. The van der Waals surface area contributed by atoms with Crippen LogP contribution >= 0.6 is 24.0 Å². The first-order chi connectivity index (χ1) is 5.13. The molecule has 0 aromatic rings. The minimum absolute atomic E-state index is 0.0617. The SMILES string of the molecule is CC(C)C(=O)N1CCSC1=S. The number of thiocarbonyl (C=S) groups is 1. The highest BCUT2D eigenvalue weighted by atomic mass is 32.2. The molecule has 0 spiro atoms. The lowest BCUT2D eigenvalue weighted by Gasteiger charge is -2.16. The minimum Gasteiger partial charge on any atom is -0.297 e. The molecule has 2 nitrogen and oxygen atoms in total. The average molecular weight is 189 g/mol. The summed E-state index contributed by atoms with van der Waals surface area (Å²) in [5.74, 6) is 1.17. The Morgan fingerprint density at radius 2 is 2.36 bits per heavy atom. The number of thioether (sulfide) groups is 1. The van der Waals surface area contributed by atoms with Crippen LogP contribution in [0.5, 0.6) is 0 Å². The fraction of sp³-hybridized carbons (Fsp3) is 0.714. The summed E-state index contributed by atoms with van der Waals surface area (Å²) in [7, 11) is 0. The summed E-state index contributed by atoms with van der Waals surface area (Å²) in [6.07, 6.45) is 0. The Balaban J connectivity index is 2.60. The second kappa shape index (κ2) is 3.54. The predicted molar refractivity (Wildman–Crippen MR) is 51.6 cm³/mol. The number of carbonyl (C=O) groups excluding carboxylic acids is 1. The van der Waals surface area contributed by atoms with Gasteiger partial charge in [0.1, 0.15) is 4.32 Å². The summed E-state index contributed by atoms with van der Waals surface area (Å²) in [5.41, 5.74) is 0. The minimum atomic E-state index is 0.0617. The summed E-state index contributed by atoms with van der Waals surface area (Å²) in [6.45, 7) is 4.59. The molecule has 62 valence electrons. The molecule has 1 fully saturated rings. The fourth-order valence-corrected chi connectivity index (χ4v) is 2.12. The van der Waals surface area contributed by atoms with Crippen LogP contribution in [0.3, 0.4) is 0 Å². The summed E-state index contributed by atoms with van der Waals surface area (Å²) >= 11 is 6.59. The zero-order chi connectivity index (χ0) is 8.43. The van der Waals surface area contributed by atoms with Crippen molar-refractivity contribution in [3.05, 3.63) is 0 Å². The second-order valence-electron chi connectivity index (χ2n) is 2.76. The third kappa shape index (κ3) is 1.93. The highest BCUT2D eigenvalue weighted by molar-refractivity contribution is 8.23. The van der Waals surface area contributed by atoms with Gasteiger partial charge in [0, 0.05) is 18.2 Å². The van der Waals surface area contributed by atoms with Gasteiger partial charge in [0.15, 0.2) is 0 Å². The largest absolute Gasteiger partial charge is 0.297 e. The van der Waals surface area contributed by atoms with Gasteiger partial charge in [-0.3, -0.25) is 9.69 Å². The van der Waals surface area contributed by atoms with Gasteiger partial charge in [-0.05, 0) is 0 Å². The standard InChI is InChI=1S/C7H11NOS2/c1-5(2)6(9)8-3-4-11-7(8)10/h5H,3-4H2,1-2H3. The highest BCUT2D eigenvalue weighted by Crippen LogP contribution is 2.19. The molecule has 0 atom stereocenters. The third-order valence-electron chi connectivity index (χ3n) is 1.52. The van der Waals surface area contributed by atoms with E-state index in [1.807, 2.05) is 13.8 Å². The molecule has 0 aromatic heterocycles. The van der Waals surface area contributed by atoms with Crippen LogP contribution in [0, 0.1) is 5.92 Å². The Labute approximate surface area is 76.3 Å². The van der Waals surface area contributed by atoms with Crippen molar-refractivity contribution in [3.63, 3.8) is 0 Å². The number of hydrogen-bond donors (Lipinski definition) is 0. The zero-order valence-corrected chi connectivity index (χ0v) is 8.30. The van der Waals surface area contributed by atoms with Crippen molar-refractivity contribution in [1.82, 2.24) is 4.90 Å². The molecule has 0 aromatic carbocycles. The van der Waals surface area contributed by atoms with Crippen LogP contribution in [0.2, 0.25) is 0 Å². The van der Waals surface area contributed by atoms with Crippen molar-refractivity contribution in [2.45, 2.75) is 13.8 Å². The molecular weight excluding hydrogens is 178 g/mol. The van der Waals surface area contributed by atoms with Crippen LogP contribution < -0.4 is 0 Å². The molecule has 0 N–H and O–H groups in total. The lowest BCUT2D eigenvalue weighted by Crippen LogP contribution is -2.33. The number of nitrogens with zero attached hydrogens (tertiary/aromatic N) is 1. The number of carbonyl (C=O) groups is 1. The molecule has 1 heterocycles. The Hall–Kier alpha value is -0.0900. The van der Waals surface area contributed by atoms with Crippen molar-refractivity contribution in [2.75, 3.05) is 12.3 Å². The lowest BCUT2D eigenvalue weighted by molar-refractivity contribution is -0.129. The van der Waals surface area contributed by atoms with Gasteiger partial charge >= 0.3 is 0 Å². The Morgan fingerprint density at radius 1 is 1.73 bits per heavy atom. The summed E-state index contributed by atoms with van der Waals surface area (Å²) < 4.78 is 0.740. The van der Waals surface area contributed by atoms with Crippen LogP contribution in [-0.4, -0.2) is 27.4 Å². The second-order valence-corrected chi connectivity index (χ2v) is 4.49. The zero-order valence-electron chi connectivity index (χ0n) is 6.66. The van der Waals surface area contributed by atoms with Gasteiger partial charge in [-0.25, -0.2) is 0 Å². The maximum Gasteiger partial charge on any atom is 0.230 e. The number of hydrogen-bond acceptors (Lipinski definition) is 3. The molecule has 1 amide bonds. The van der Waals surface area contributed by atoms with Gasteiger partial charge in [-0.1, -0.05) is 37.8 Å². The molecule has 0 unspecified atom stereocenters. The van der Waals surface area contributed by atoms with Gasteiger partial charge in [0.05, 0.1) is 0 Å². The molecule has 1 aliphatic rings. The maximum absolute atomic E-state index is 11.4. The van der Waals surface area contributed by atoms with Crippen LogP contribution in [0.1, 0.15) is 13.8 Å². The van der Waals surface area contributed by atoms with E-state index in [1.165, 1.54) is 0 Å². The van der Waals surface area contributed by atoms with Crippen molar-refractivity contribution in [3.8, 4) is 0 Å². The van der Waals surface area contributed by atoms with E-state index in [0.717, 1.165) is 16.6 Å². The topological polar surface area (TPSA) is 20.3 Å². The van der Waals surface area contributed by atoms with Crippen LogP contribution in [0.25, 0.3) is 0 Å². The lowest BCUT2D eigenvalue weighted by atomic mass is 10.2. The number of amides is 1. The molecular formula is C7H11NOS2. The smallest absolute Gasteiger partial charge is 0.230 e. The quantitative estimate of drug-likeness (QED) is 0.583. The molecule has 0 bridgehead atoms. The molecule has 1 rings (SSSR count). The average Bonchev–Trinajstić information content (AvgIpc) is 2.33. The Bertz CT molecular complexity index is 191. The van der Waals surface area contributed by atoms with Gasteiger partial charge < -0.3 is 0 Å². The first-order valence-corrected chi connectivity index (χ1v) is 5.00. The van der Waals surface area contributed by atoms with E-state index in [1.54, 1.807) is 16.7 Å². The van der Waals surface area contributed by atoms with Crippen molar-refractivity contribution in [1.29, 1.82) is 0 Å².